The van der Waals surface area contributed by atoms with Gasteiger partial charge in [-0.25, -0.2) is 4.98 Å². The van der Waals surface area contributed by atoms with E-state index in [4.69, 9.17) is 11.6 Å². The fourth-order valence-electron chi connectivity index (χ4n) is 3.03. The van der Waals surface area contributed by atoms with Crippen LogP contribution >= 0.6 is 22.9 Å². The Morgan fingerprint density at radius 3 is 2.75 bits per heavy atom. The Morgan fingerprint density at radius 1 is 1.39 bits per heavy atom. The fourth-order valence-corrected chi connectivity index (χ4v) is 4.39. The number of aryl methyl sites for hydroxylation is 1. The maximum atomic E-state index is 13.2. The number of carbonyl (C=O) groups excluding carboxylic acids is 1. The third-order valence-electron chi connectivity index (χ3n) is 4.64. The summed E-state index contributed by atoms with van der Waals surface area (Å²) in [6.45, 7) is 3.46. The van der Waals surface area contributed by atoms with Crippen molar-refractivity contribution in [1.82, 2.24) is 14.8 Å². The van der Waals surface area contributed by atoms with E-state index in [-0.39, 0.29) is 11.6 Å². The van der Waals surface area contributed by atoms with Gasteiger partial charge in [-0.05, 0) is 44.4 Å². The Hall–Kier alpha value is -2.13. The van der Waals surface area contributed by atoms with Crippen LogP contribution in [0.5, 0.6) is 0 Å². The Morgan fingerprint density at radius 2 is 2.11 bits per heavy atom. The van der Waals surface area contributed by atoms with Crippen LogP contribution in [0.4, 0.5) is 18.3 Å². The molecule has 2 aromatic heterocycles. The summed E-state index contributed by atoms with van der Waals surface area (Å²) in [6.07, 6.45) is -3.21. The molecule has 1 atom stereocenters. The summed E-state index contributed by atoms with van der Waals surface area (Å²) in [6, 6.07) is 4.77. The van der Waals surface area contributed by atoms with E-state index >= 15 is 0 Å². The molecule has 1 aromatic carbocycles. The predicted octanol–water partition coefficient (Wildman–Crippen LogP) is 5.55. The topological polar surface area (TPSA) is 59.8 Å². The van der Waals surface area contributed by atoms with Crippen LogP contribution in [0.1, 0.15) is 48.7 Å². The van der Waals surface area contributed by atoms with Crippen molar-refractivity contribution in [3.05, 3.63) is 40.2 Å². The average molecular weight is 429 g/mol. The zero-order chi connectivity index (χ0) is 20.2. The number of hydrogen-bond acceptors (Lipinski definition) is 4. The molecule has 28 heavy (non-hydrogen) atoms. The van der Waals surface area contributed by atoms with E-state index in [9.17, 15) is 18.0 Å². The smallest absolute Gasteiger partial charge is 0.300 e. The van der Waals surface area contributed by atoms with Crippen molar-refractivity contribution in [2.45, 2.75) is 44.8 Å². The Kier molecular flexibility index (Phi) is 4.62. The first-order chi connectivity index (χ1) is 13.1. The summed E-state index contributed by atoms with van der Waals surface area (Å²) in [7, 11) is 0. The molecule has 1 amide bonds. The molecule has 3 aromatic rings. The molecule has 5 nitrogen and oxygen atoms in total. The number of nitrogens with one attached hydrogen (secondary N) is 1. The molecular formula is C18H16ClF3N4OS. The highest BCUT2D eigenvalue weighted by Gasteiger charge is 2.43. The number of fused-ring (bicyclic) bond motifs is 1. The largest absolute Gasteiger partial charge is 0.436 e. The van der Waals surface area contributed by atoms with Gasteiger partial charge < -0.3 is 5.32 Å². The van der Waals surface area contributed by atoms with Crippen LogP contribution in [0, 0.1) is 6.92 Å². The number of anilines is 1. The van der Waals surface area contributed by atoms with Crippen molar-refractivity contribution in [1.29, 1.82) is 0 Å². The average Bonchev–Trinajstić information content (AvgIpc) is 3.26. The number of hydrogen-bond donors (Lipinski definition) is 1. The second-order valence-corrected chi connectivity index (χ2v) is 8.33. The third-order valence-corrected chi connectivity index (χ3v) is 5.95. The van der Waals surface area contributed by atoms with Crippen LogP contribution in [0.2, 0.25) is 5.02 Å². The molecule has 4 rings (SSSR count). The minimum atomic E-state index is -4.67. The number of aromatic nitrogens is 3. The third kappa shape index (κ3) is 3.48. The van der Waals surface area contributed by atoms with Gasteiger partial charge in [-0.3, -0.25) is 9.48 Å². The molecule has 0 saturated heterocycles. The van der Waals surface area contributed by atoms with Crippen molar-refractivity contribution in [3.63, 3.8) is 0 Å². The zero-order valence-corrected chi connectivity index (χ0v) is 16.5. The lowest BCUT2D eigenvalue weighted by Crippen LogP contribution is -2.26. The molecule has 148 valence electrons. The molecule has 0 bridgehead atoms. The molecule has 1 fully saturated rings. The number of rotatable bonds is 4. The lowest BCUT2D eigenvalue weighted by atomic mass is 10.2. The lowest BCUT2D eigenvalue weighted by Gasteiger charge is -2.14. The molecule has 0 spiro atoms. The number of carbonyl (C=O) groups is 1. The van der Waals surface area contributed by atoms with Gasteiger partial charge in [0.2, 0.25) is 0 Å². The molecule has 1 aliphatic carbocycles. The number of thiazole rings is 1. The number of benzene rings is 1. The van der Waals surface area contributed by atoms with Gasteiger partial charge >= 0.3 is 6.18 Å². The highest BCUT2D eigenvalue weighted by atomic mass is 35.5. The summed E-state index contributed by atoms with van der Waals surface area (Å²) in [4.78, 5) is 17.0. The van der Waals surface area contributed by atoms with Crippen LogP contribution in [-0.4, -0.2) is 20.7 Å². The van der Waals surface area contributed by atoms with Gasteiger partial charge in [-0.2, -0.15) is 18.3 Å². The van der Waals surface area contributed by atoms with Crippen LogP contribution in [0.15, 0.2) is 18.2 Å². The molecule has 0 aliphatic heterocycles. The van der Waals surface area contributed by atoms with Gasteiger partial charge in [0.15, 0.2) is 10.8 Å². The van der Waals surface area contributed by atoms with Gasteiger partial charge in [-0.15, -0.1) is 0 Å². The molecule has 0 radical (unpaired) electrons. The van der Waals surface area contributed by atoms with Gasteiger partial charge in [0.1, 0.15) is 6.04 Å². The maximum Gasteiger partial charge on any atom is 0.436 e. The van der Waals surface area contributed by atoms with Crippen LogP contribution < -0.4 is 5.32 Å². The fraction of sp³-hybridized carbons (Fsp3) is 0.389. The van der Waals surface area contributed by atoms with Gasteiger partial charge in [-0.1, -0.05) is 29.0 Å². The van der Waals surface area contributed by atoms with Crippen LogP contribution in [0.3, 0.4) is 0 Å². The van der Waals surface area contributed by atoms with Gasteiger partial charge in [0.25, 0.3) is 5.91 Å². The van der Waals surface area contributed by atoms with E-state index < -0.39 is 28.8 Å². The van der Waals surface area contributed by atoms with Crippen molar-refractivity contribution in [2.75, 3.05) is 5.32 Å². The molecule has 1 N–H and O–H groups in total. The highest BCUT2D eigenvalue weighted by molar-refractivity contribution is 7.22. The molecule has 10 heteroatoms. The molecular weight excluding hydrogens is 413 g/mol. The van der Waals surface area contributed by atoms with Crippen LogP contribution in [0.25, 0.3) is 10.2 Å². The van der Waals surface area contributed by atoms with Crippen molar-refractivity contribution >= 4 is 44.2 Å². The van der Waals surface area contributed by atoms with E-state index in [1.54, 1.807) is 0 Å². The van der Waals surface area contributed by atoms with E-state index in [0.717, 1.165) is 33.3 Å². The number of alkyl halides is 3. The van der Waals surface area contributed by atoms with Gasteiger partial charge in [0, 0.05) is 5.92 Å². The standard InChI is InChI=1S/C18H16ClF3N4OS/c1-8-3-6-11-12(7-8)28-17(23-11)24-16(27)9(2)26-14(10-4-5-10)13(19)15(25-26)18(20,21)22/h3,6-7,9-10H,4-5H2,1-2H3,(H,23,24,27). The first-order valence-electron chi connectivity index (χ1n) is 8.68. The molecule has 1 unspecified atom stereocenters. The summed E-state index contributed by atoms with van der Waals surface area (Å²) in [5.41, 5.74) is 0.948. The molecule has 1 saturated carbocycles. The highest BCUT2D eigenvalue weighted by Crippen LogP contribution is 2.47. The Balaban J connectivity index is 1.63. The van der Waals surface area contributed by atoms with Crippen molar-refractivity contribution in [3.8, 4) is 0 Å². The predicted molar refractivity (Wildman–Crippen MR) is 102 cm³/mol. The number of amides is 1. The number of halogens is 4. The maximum absolute atomic E-state index is 13.2. The van der Waals surface area contributed by atoms with Gasteiger partial charge in [0.05, 0.1) is 20.9 Å². The minimum Gasteiger partial charge on any atom is -0.300 e. The summed E-state index contributed by atoms with van der Waals surface area (Å²) < 4.78 is 41.7. The first-order valence-corrected chi connectivity index (χ1v) is 9.87. The van der Waals surface area contributed by atoms with Crippen molar-refractivity contribution < 1.29 is 18.0 Å². The zero-order valence-electron chi connectivity index (χ0n) is 15.0. The molecule has 2 heterocycles. The second kappa shape index (κ2) is 6.73. The monoisotopic (exact) mass is 428 g/mol. The summed E-state index contributed by atoms with van der Waals surface area (Å²) in [5, 5.41) is 6.30. The number of nitrogens with zero attached hydrogens (tertiary/aromatic N) is 3. The Bertz CT molecular complexity index is 1070. The second-order valence-electron chi connectivity index (χ2n) is 6.92. The van der Waals surface area contributed by atoms with E-state index in [0.29, 0.717) is 5.13 Å². The van der Waals surface area contributed by atoms with E-state index in [1.165, 1.54) is 18.3 Å². The summed E-state index contributed by atoms with van der Waals surface area (Å²) in [5.74, 6) is -0.595. The molecule has 1 aliphatic rings. The normalized spacial score (nSPS) is 15.8. The lowest BCUT2D eigenvalue weighted by molar-refractivity contribution is -0.141. The summed E-state index contributed by atoms with van der Waals surface area (Å²) >= 11 is 7.29. The SMILES string of the molecule is Cc1ccc2nc(NC(=O)C(C)n3nc(C(F)(F)F)c(Cl)c3C3CC3)sc2c1. The van der Waals surface area contributed by atoms with Crippen molar-refractivity contribution in [2.24, 2.45) is 0 Å². The minimum absolute atomic E-state index is 0.100. The van der Waals surface area contributed by atoms with Crippen LogP contribution in [-0.2, 0) is 11.0 Å². The Labute approximate surface area is 167 Å². The quantitative estimate of drug-likeness (QED) is 0.592. The first kappa shape index (κ1) is 19.2. The van der Waals surface area contributed by atoms with E-state index in [2.05, 4.69) is 15.4 Å². The van der Waals surface area contributed by atoms with E-state index in [1.807, 2.05) is 25.1 Å².